The monoisotopic (exact) mass is 404 g/mol. The molecule has 4 aromatic rings. The van der Waals surface area contributed by atoms with Gasteiger partial charge < -0.3 is 14.6 Å². The van der Waals surface area contributed by atoms with E-state index in [2.05, 4.69) is 10.4 Å². The Morgan fingerprint density at radius 2 is 1.97 bits per heavy atom. The number of carbonyl (C=O) groups is 1. The SMILES string of the molecule is CC[C@@H](C(=O)NCc1cccc(OC)c1)n1c2ccccc2c2cnn(C)c(=O)c21. The van der Waals surface area contributed by atoms with Crippen LogP contribution in [-0.2, 0) is 18.4 Å². The number of amides is 1. The van der Waals surface area contributed by atoms with Crippen LogP contribution in [-0.4, -0.2) is 27.4 Å². The quantitative estimate of drug-likeness (QED) is 0.535. The number of para-hydroxylation sites is 1. The molecule has 30 heavy (non-hydrogen) atoms. The number of nitrogens with one attached hydrogen (secondary N) is 1. The second-order valence-corrected chi connectivity index (χ2v) is 7.22. The molecule has 154 valence electrons. The lowest BCUT2D eigenvalue weighted by molar-refractivity contribution is -0.124. The van der Waals surface area contributed by atoms with E-state index in [0.717, 1.165) is 27.6 Å². The first-order valence-corrected chi connectivity index (χ1v) is 9.90. The summed E-state index contributed by atoms with van der Waals surface area (Å²) < 4.78 is 8.41. The smallest absolute Gasteiger partial charge is 0.291 e. The Bertz CT molecular complexity index is 1290. The normalized spacial score (nSPS) is 12.2. The van der Waals surface area contributed by atoms with Crippen LogP contribution in [0.2, 0.25) is 0 Å². The van der Waals surface area contributed by atoms with E-state index in [1.807, 2.05) is 60.0 Å². The summed E-state index contributed by atoms with van der Waals surface area (Å²) in [4.78, 5) is 26.1. The van der Waals surface area contributed by atoms with E-state index < -0.39 is 6.04 Å². The minimum atomic E-state index is -0.520. The molecule has 2 heterocycles. The molecule has 1 amide bonds. The van der Waals surface area contributed by atoms with Crippen molar-refractivity contribution in [3.05, 3.63) is 70.6 Å². The van der Waals surface area contributed by atoms with Crippen LogP contribution in [0.1, 0.15) is 24.9 Å². The summed E-state index contributed by atoms with van der Waals surface area (Å²) in [5.41, 5.74) is 2.07. The third kappa shape index (κ3) is 3.32. The molecule has 2 aromatic carbocycles. The second-order valence-electron chi connectivity index (χ2n) is 7.22. The summed E-state index contributed by atoms with van der Waals surface area (Å²) in [6, 6.07) is 14.8. The fourth-order valence-corrected chi connectivity index (χ4v) is 3.89. The fourth-order valence-electron chi connectivity index (χ4n) is 3.89. The summed E-state index contributed by atoms with van der Waals surface area (Å²) in [6.45, 7) is 2.32. The van der Waals surface area contributed by atoms with Crippen LogP contribution in [0.3, 0.4) is 0 Å². The maximum absolute atomic E-state index is 13.2. The molecule has 4 rings (SSSR count). The number of methoxy groups -OCH3 is 1. The van der Waals surface area contributed by atoms with E-state index in [9.17, 15) is 9.59 Å². The zero-order valence-corrected chi connectivity index (χ0v) is 17.3. The van der Waals surface area contributed by atoms with Crippen molar-refractivity contribution in [3.8, 4) is 5.75 Å². The van der Waals surface area contributed by atoms with E-state index in [1.54, 1.807) is 20.4 Å². The number of hydrogen-bond acceptors (Lipinski definition) is 4. The Kier molecular flexibility index (Phi) is 5.27. The lowest BCUT2D eigenvalue weighted by Gasteiger charge is -2.19. The first kappa shape index (κ1) is 19.7. The third-order valence-corrected chi connectivity index (χ3v) is 5.41. The summed E-state index contributed by atoms with van der Waals surface area (Å²) in [5, 5.41) is 8.86. The van der Waals surface area contributed by atoms with Crippen molar-refractivity contribution in [3.63, 3.8) is 0 Å². The van der Waals surface area contributed by atoms with Gasteiger partial charge in [-0.05, 0) is 30.2 Å². The van der Waals surface area contributed by atoms with Gasteiger partial charge in [0.1, 0.15) is 17.3 Å². The Balaban J connectivity index is 1.75. The maximum atomic E-state index is 13.2. The van der Waals surface area contributed by atoms with E-state index in [0.29, 0.717) is 18.5 Å². The number of rotatable bonds is 6. The van der Waals surface area contributed by atoms with Crippen molar-refractivity contribution in [2.24, 2.45) is 7.05 Å². The van der Waals surface area contributed by atoms with E-state index in [4.69, 9.17) is 4.74 Å². The van der Waals surface area contributed by atoms with Crippen molar-refractivity contribution in [1.29, 1.82) is 0 Å². The molecule has 0 aliphatic rings. The van der Waals surface area contributed by atoms with Crippen LogP contribution in [0, 0.1) is 0 Å². The molecule has 0 radical (unpaired) electrons. The number of carbonyl (C=O) groups excluding carboxylic acids is 1. The molecule has 0 bridgehead atoms. The van der Waals surface area contributed by atoms with Crippen LogP contribution in [0.5, 0.6) is 5.75 Å². The molecule has 1 N–H and O–H groups in total. The van der Waals surface area contributed by atoms with Gasteiger partial charge in [-0.2, -0.15) is 5.10 Å². The predicted molar refractivity (Wildman–Crippen MR) is 117 cm³/mol. The summed E-state index contributed by atoms with van der Waals surface area (Å²) in [5.74, 6) is 0.606. The molecule has 0 saturated heterocycles. The van der Waals surface area contributed by atoms with Crippen molar-refractivity contribution in [1.82, 2.24) is 19.7 Å². The molecule has 7 nitrogen and oxygen atoms in total. The van der Waals surface area contributed by atoms with Crippen LogP contribution in [0.4, 0.5) is 0 Å². The molecule has 0 unspecified atom stereocenters. The zero-order valence-electron chi connectivity index (χ0n) is 17.3. The Labute approximate surface area is 173 Å². The highest BCUT2D eigenvalue weighted by atomic mass is 16.5. The second kappa shape index (κ2) is 8.02. The lowest BCUT2D eigenvalue weighted by Crippen LogP contribution is -2.33. The average molecular weight is 404 g/mol. The minimum Gasteiger partial charge on any atom is -0.497 e. The maximum Gasteiger partial charge on any atom is 0.291 e. The third-order valence-electron chi connectivity index (χ3n) is 5.41. The van der Waals surface area contributed by atoms with Gasteiger partial charge in [0.15, 0.2) is 0 Å². The number of nitrogens with zero attached hydrogens (tertiary/aromatic N) is 3. The van der Waals surface area contributed by atoms with Crippen molar-refractivity contribution < 1.29 is 9.53 Å². The number of aryl methyl sites for hydroxylation is 1. The van der Waals surface area contributed by atoms with Gasteiger partial charge in [0.25, 0.3) is 5.56 Å². The van der Waals surface area contributed by atoms with Gasteiger partial charge in [0, 0.05) is 24.4 Å². The summed E-state index contributed by atoms with van der Waals surface area (Å²) in [6.07, 6.45) is 2.24. The molecule has 1 atom stereocenters. The number of ether oxygens (including phenoxy) is 1. The molecule has 0 aliphatic carbocycles. The Hall–Kier alpha value is -3.61. The van der Waals surface area contributed by atoms with Crippen LogP contribution in [0.25, 0.3) is 21.8 Å². The van der Waals surface area contributed by atoms with Crippen molar-refractivity contribution >= 4 is 27.7 Å². The topological polar surface area (TPSA) is 78.2 Å². The predicted octanol–water partition coefficient (Wildman–Crippen LogP) is 3.16. The highest BCUT2D eigenvalue weighted by Gasteiger charge is 2.25. The number of benzene rings is 2. The molecule has 0 fully saturated rings. The lowest BCUT2D eigenvalue weighted by atomic mass is 10.1. The van der Waals surface area contributed by atoms with Crippen LogP contribution >= 0.6 is 0 Å². The molecular weight excluding hydrogens is 380 g/mol. The van der Waals surface area contributed by atoms with Gasteiger partial charge in [0.2, 0.25) is 5.91 Å². The minimum absolute atomic E-state index is 0.137. The van der Waals surface area contributed by atoms with E-state index >= 15 is 0 Å². The molecule has 7 heteroatoms. The molecule has 2 aromatic heterocycles. The highest BCUT2D eigenvalue weighted by Crippen LogP contribution is 2.30. The molecule has 0 saturated carbocycles. The first-order valence-electron chi connectivity index (χ1n) is 9.90. The fraction of sp³-hybridized carbons (Fsp3) is 0.261. The zero-order chi connectivity index (χ0) is 21.3. The van der Waals surface area contributed by atoms with Crippen LogP contribution in [0.15, 0.2) is 59.5 Å². The van der Waals surface area contributed by atoms with Gasteiger partial charge in [-0.3, -0.25) is 9.59 Å². The molecule has 0 spiro atoms. The Morgan fingerprint density at radius 1 is 1.17 bits per heavy atom. The van der Waals surface area contributed by atoms with Gasteiger partial charge >= 0.3 is 0 Å². The standard InChI is InChI=1S/C23H24N4O3/c1-4-19(22(28)24-13-15-8-7-9-16(12-15)30-3)27-20-11-6-5-10-17(20)18-14-25-26(2)23(29)21(18)27/h5-12,14,19H,4,13H2,1-3H3,(H,24,28)/t19-/m0/s1. The first-order chi connectivity index (χ1) is 14.5. The van der Waals surface area contributed by atoms with Crippen molar-refractivity contribution in [2.45, 2.75) is 25.9 Å². The summed E-state index contributed by atoms with van der Waals surface area (Å²) >= 11 is 0. The van der Waals surface area contributed by atoms with E-state index in [-0.39, 0.29) is 11.5 Å². The van der Waals surface area contributed by atoms with Gasteiger partial charge in [0.05, 0.1) is 18.8 Å². The van der Waals surface area contributed by atoms with Crippen molar-refractivity contribution in [2.75, 3.05) is 7.11 Å². The largest absolute Gasteiger partial charge is 0.497 e. The number of aromatic nitrogens is 3. The highest BCUT2D eigenvalue weighted by molar-refractivity contribution is 6.08. The molecule has 0 aliphatic heterocycles. The summed E-state index contributed by atoms with van der Waals surface area (Å²) in [7, 11) is 3.23. The molecular formula is C23H24N4O3. The van der Waals surface area contributed by atoms with E-state index in [1.165, 1.54) is 4.68 Å². The number of hydrogen-bond donors (Lipinski definition) is 1. The average Bonchev–Trinajstić information content (AvgIpc) is 3.10. The Morgan fingerprint density at radius 3 is 2.73 bits per heavy atom. The number of fused-ring (bicyclic) bond motifs is 3. The van der Waals surface area contributed by atoms with Gasteiger partial charge in [-0.25, -0.2) is 4.68 Å². The van der Waals surface area contributed by atoms with Crippen LogP contribution < -0.4 is 15.6 Å². The van der Waals surface area contributed by atoms with Gasteiger partial charge in [-0.15, -0.1) is 0 Å². The van der Waals surface area contributed by atoms with Gasteiger partial charge in [-0.1, -0.05) is 37.3 Å².